The zero-order valence-electron chi connectivity index (χ0n) is 11.3. The van der Waals surface area contributed by atoms with Gasteiger partial charge in [-0.3, -0.25) is 0 Å². The quantitative estimate of drug-likeness (QED) is 0.828. The van der Waals surface area contributed by atoms with Gasteiger partial charge in [-0.15, -0.1) is 0 Å². The maximum atomic E-state index is 9.69. The summed E-state index contributed by atoms with van der Waals surface area (Å²) in [6, 6.07) is 18.4. The van der Waals surface area contributed by atoms with E-state index in [-0.39, 0.29) is 0 Å². The van der Waals surface area contributed by atoms with Crippen LogP contribution in [0.4, 0.5) is 0 Å². The van der Waals surface area contributed by atoms with E-state index < -0.39 is 0 Å². The number of benzene rings is 2. The lowest BCUT2D eigenvalue weighted by Crippen LogP contribution is -2.25. The normalized spacial score (nSPS) is 12.3. The molecule has 0 aliphatic rings. The molecule has 1 unspecified atom stereocenters. The highest BCUT2D eigenvalue weighted by Gasteiger charge is 2.04. The maximum Gasteiger partial charge on any atom is 0.120 e. The molecule has 0 saturated carbocycles. The third-order valence-corrected chi connectivity index (χ3v) is 3.34. The van der Waals surface area contributed by atoms with Crippen LogP contribution in [0.1, 0.15) is 24.5 Å². The van der Waals surface area contributed by atoms with Crippen LogP contribution >= 0.6 is 0 Å². The van der Waals surface area contributed by atoms with Gasteiger partial charge in [0, 0.05) is 18.2 Å². The first-order chi connectivity index (χ1) is 9.25. The van der Waals surface area contributed by atoms with Gasteiger partial charge in [-0.05, 0) is 31.4 Å². The Hall–Kier alpha value is -1.80. The second-order valence-electron chi connectivity index (χ2n) is 4.93. The molecule has 0 aliphatic heterocycles. The molecule has 2 aromatic carbocycles. The van der Waals surface area contributed by atoms with Crippen molar-refractivity contribution < 1.29 is 5.11 Å². The van der Waals surface area contributed by atoms with Crippen molar-refractivity contribution in [2.24, 2.45) is 0 Å². The number of rotatable bonds is 6. The van der Waals surface area contributed by atoms with Gasteiger partial charge in [0.15, 0.2) is 0 Å². The van der Waals surface area contributed by atoms with Crippen LogP contribution in [0.25, 0.3) is 0 Å². The van der Waals surface area contributed by atoms with E-state index in [0.717, 1.165) is 18.4 Å². The second-order valence-corrected chi connectivity index (χ2v) is 4.93. The van der Waals surface area contributed by atoms with Crippen molar-refractivity contribution in [3.63, 3.8) is 0 Å². The van der Waals surface area contributed by atoms with E-state index in [1.54, 1.807) is 6.07 Å². The number of hydrogen-bond acceptors (Lipinski definition) is 2. The van der Waals surface area contributed by atoms with Crippen LogP contribution < -0.4 is 5.32 Å². The molecule has 0 spiro atoms. The highest BCUT2D eigenvalue weighted by atomic mass is 16.3. The predicted molar refractivity (Wildman–Crippen MR) is 79.2 cm³/mol. The Balaban J connectivity index is 1.76. The molecule has 2 rings (SSSR count). The van der Waals surface area contributed by atoms with Gasteiger partial charge in [0.2, 0.25) is 0 Å². The summed E-state index contributed by atoms with van der Waals surface area (Å²) in [6.45, 7) is 2.89. The number of phenolic OH excluding ortho intramolecular Hbond substituents is 1. The fraction of sp³-hybridized carbons (Fsp3) is 0.294. The molecule has 0 bridgehead atoms. The molecular formula is C17H21NO. The summed E-state index contributed by atoms with van der Waals surface area (Å²) in [5.41, 5.74) is 2.33. The lowest BCUT2D eigenvalue weighted by molar-refractivity contribution is 0.455. The minimum atomic E-state index is 0.366. The van der Waals surface area contributed by atoms with Crippen LogP contribution in [0.15, 0.2) is 54.6 Å². The smallest absolute Gasteiger partial charge is 0.120 e. The lowest BCUT2D eigenvalue weighted by Gasteiger charge is -2.14. The standard InChI is InChI=1S/C17H21NO/c1-14(11-12-15-7-3-2-4-8-15)18-13-16-9-5-6-10-17(16)19/h2-10,14,18-19H,11-13H2,1H3. The average molecular weight is 255 g/mol. The highest BCUT2D eigenvalue weighted by Crippen LogP contribution is 2.15. The third-order valence-electron chi connectivity index (χ3n) is 3.34. The monoisotopic (exact) mass is 255 g/mol. The van der Waals surface area contributed by atoms with Crippen molar-refractivity contribution in [1.82, 2.24) is 5.32 Å². The van der Waals surface area contributed by atoms with Crippen LogP contribution in [0, 0.1) is 0 Å². The Kier molecular flexibility index (Phi) is 4.99. The van der Waals surface area contributed by atoms with E-state index in [1.807, 2.05) is 24.3 Å². The van der Waals surface area contributed by atoms with Crippen molar-refractivity contribution in [3.8, 4) is 5.75 Å². The number of hydrogen-bond donors (Lipinski definition) is 2. The van der Waals surface area contributed by atoms with Crippen molar-refractivity contribution in [1.29, 1.82) is 0 Å². The summed E-state index contributed by atoms with van der Waals surface area (Å²) in [7, 11) is 0. The molecule has 0 aromatic heterocycles. The topological polar surface area (TPSA) is 32.3 Å². The van der Waals surface area contributed by atoms with E-state index in [9.17, 15) is 5.11 Å². The van der Waals surface area contributed by atoms with Crippen LogP contribution in [-0.4, -0.2) is 11.1 Å². The van der Waals surface area contributed by atoms with Crippen molar-refractivity contribution in [3.05, 3.63) is 65.7 Å². The number of aryl methyl sites for hydroxylation is 1. The van der Waals surface area contributed by atoms with Crippen molar-refractivity contribution in [2.45, 2.75) is 32.4 Å². The van der Waals surface area contributed by atoms with Gasteiger partial charge in [0.1, 0.15) is 5.75 Å². The van der Waals surface area contributed by atoms with E-state index in [0.29, 0.717) is 18.3 Å². The molecular weight excluding hydrogens is 234 g/mol. The molecule has 2 heteroatoms. The lowest BCUT2D eigenvalue weighted by atomic mass is 10.1. The largest absolute Gasteiger partial charge is 0.508 e. The molecule has 0 amide bonds. The Morgan fingerprint density at radius 3 is 2.42 bits per heavy atom. The van der Waals surface area contributed by atoms with Gasteiger partial charge in [-0.1, -0.05) is 48.5 Å². The molecule has 0 aliphatic carbocycles. The zero-order valence-corrected chi connectivity index (χ0v) is 11.3. The molecule has 1 atom stereocenters. The van der Waals surface area contributed by atoms with Gasteiger partial charge in [-0.2, -0.15) is 0 Å². The van der Waals surface area contributed by atoms with Gasteiger partial charge < -0.3 is 10.4 Å². The Bertz CT molecular complexity index is 496. The molecule has 2 N–H and O–H groups in total. The summed E-state index contributed by atoms with van der Waals surface area (Å²) in [5.74, 6) is 0.366. The van der Waals surface area contributed by atoms with Gasteiger partial charge in [0.25, 0.3) is 0 Å². The van der Waals surface area contributed by atoms with Crippen LogP contribution in [0.5, 0.6) is 5.75 Å². The van der Waals surface area contributed by atoms with Crippen LogP contribution in [0.2, 0.25) is 0 Å². The molecule has 0 heterocycles. The van der Waals surface area contributed by atoms with Gasteiger partial charge in [0.05, 0.1) is 0 Å². The van der Waals surface area contributed by atoms with Crippen molar-refractivity contribution in [2.75, 3.05) is 0 Å². The minimum absolute atomic E-state index is 0.366. The SMILES string of the molecule is CC(CCc1ccccc1)NCc1ccccc1O. The average Bonchev–Trinajstić information content (AvgIpc) is 2.45. The molecule has 2 aromatic rings. The van der Waals surface area contributed by atoms with Crippen LogP contribution in [0.3, 0.4) is 0 Å². The zero-order chi connectivity index (χ0) is 13.5. The Labute approximate surface area is 115 Å². The number of nitrogens with one attached hydrogen (secondary N) is 1. The summed E-state index contributed by atoms with van der Waals surface area (Å²) >= 11 is 0. The Morgan fingerprint density at radius 1 is 1.00 bits per heavy atom. The summed E-state index contributed by atoms with van der Waals surface area (Å²) in [4.78, 5) is 0. The summed E-state index contributed by atoms with van der Waals surface area (Å²) < 4.78 is 0. The van der Waals surface area contributed by atoms with Crippen molar-refractivity contribution >= 4 is 0 Å². The molecule has 100 valence electrons. The maximum absolute atomic E-state index is 9.69. The molecule has 19 heavy (non-hydrogen) atoms. The third kappa shape index (κ3) is 4.42. The predicted octanol–water partition coefficient (Wildman–Crippen LogP) is 3.50. The highest BCUT2D eigenvalue weighted by molar-refractivity contribution is 5.31. The van der Waals surface area contributed by atoms with E-state index in [4.69, 9.17) is 0 Å². The van der Waals surface area contributed by atoms with E-state index >= 15 is 0 Å². The van der Waals surface area contributed by atoms with Crippen LogP contribution in [-0.2, 0) is 13.0 Å². The summed E-state index contributed by atoms with van der Waals surface area (Å²) in [6.07, 6.45) is 2.17. The second kappa shape index (κ2) is 6.95. The van der Waals surface area contributed by atoms with E-state index in [2.05, 4.69) is 36.5 Å². The fourth-order valence-corrected chi connectivity index (χ4v) is 2.07. The van der Waals surface area contributed by atoms with E-state index in [1.165, 1.54) is 5.56 Å². The molecule has 0 radical (unpaired) electrons. The number of aromatic hydroxyl groups is 1. The number of phenols is 1. The van der Waals surface area contributed by atoms with Gasteiger partial charge >= 0.3 is 0 Å². The molecule has 2 nitrogen and oxygen atoms in total. The first-order valence-electron chi connectivity index (χ1n) is 6.80. The van der Waals surface area contributed by atoms with Gasteiger partial charge in [-0.25, -0.2) is 0 Å². The Morgan fingerprint density at radius 2 is 1.68 bits per heavy atom. The summed E-state index contributed by atoms with van der Waals surface area (Å²) in [5, 5.41) is 13.1. The first-order valence-corrected chi connectivity index (χ1v) is 6.80. The molecule has 0 fully saturated rings. The fourth-order valence-electron chi connectivity index (χ4n) is 2.07. The minimum Gasteiger partial charge on any atom is -0.508 e. The first kappa shape index (κ1) is 13.6. The molecule has 0 saturated heterocycles. The number of para-hydroxylation sites is 1.